The zero-order valence-corrected chi connectivity index (χ0v) is 15.5. The van der Waals surface area contributed by atoms with Crippen molar-refractivity contribution in [3.63, 3.8) is 0 Å². The van der Waals surface area contributed by atoms with E-state index in [-0.39, 0.29) is 5.75 Å². The third kappa shape index (κ3) is 3.38. The van der Waals surface area contributed by atoms with E-state index in [4.69, 9.17) is 11.6 Å². The number of hydrogen-bond acceptors (Lipinski definition) is 2. The van der Waals surface area contributed by atoms with Crippen molar-refractivity contribution in [3.05, 3.63) is 57.7 Å². The van der Waals surface area contributed by atoms with Gasteiger partial charge < -0.3 is 10.1 Å². The minimum absolute atomic E-state index is 0.182. The highest BCUT2D eigenvalue weighted by molar-refractivity contribution is 9.10. The fourth-order valence-electron chi connectivity index (χ4n) is 2.68. The van der Waals surface area contributed by atoms with Gasteiger partial charge in [0.1, 0.15) is 6.10 Å². The Kier molecular flexibility index (Phi) is 4.92. The number of halogens is 2. The van der Waals surface area contributed by atoms with Crippen molar-refractivity contribution in [2.45, 2.75) is 6.10 Å². The smallest absolute Gasteiger partial charge is 0.106 e. The predicted molar refractivity (Wildman–Crippen MR) is 100 cm³/mol. The number of aromatic nitrogens is 1. The highest BCUT2D eigenvalue weighted by Crippen LogP contribution is 2.39. The zero-order chi connectivity index (χ0) is 16.6. The molecular formula is C17H15BrClNO2S. The fourth-order valence-corrected chi connectivity index (χ4v) is 3.80. The van der Waals surface area contributed by atoms with E-state index in [9.17, 15) is 9.32 Å². The van der Waals surface area contributed by atoms with Gasteiger partial charge >= 0.3 is 0 Å². The van der Waals surface area contributed by atoms with Gasteiger partial charge in [-0.2, -0.15) is 0 Å². The first-order chi connectivity index (χ1) is 11.0. The van der Waals surface area contributed by atoms with Crippen LogP contribution in [0.25, 0.3) is 22.0 Å². The number of hydrogen-bond donors (Lipinski definition) is 2. The average molecular weight is 413 g/mol. The molecule has 2 unspecified atom stereocenters. The Bertz CT molecular complexity index is 879. The lowest BCUT2D eigenvalue weighted by atomic mass is 10.00. The van der Waals surface area contributed by atoms with E-state index >= 15 is 0 Å². The molecule has 0 bridgehead atoms. The van der Waals surface area contributed by atoms with Crippen LogP contribution in [-0.4, -0.2) is 26.3 Å². The van der Waals surface area contributed by atoms with Crippen LogP contribution in [0.3, 0.4) is 0 Å². The molecule has 0 fully saturated rings. The van der Waals surface area contributed by atoms with Crippen LogP contribution in [0.5, 0.6) is 0 Å². The number of aromatic amines is 1. The summed E-state index contributed by atoms with van der Waals surface area (Å²) in [5.74, 6) is 0.182. The average Bonchev–Trinajstić information content (AvgIpc) is 2.86. The van der Waals surface area contributed by atoms with Gasteiger partial charge in [0.2, 0.25) is 0 Å². The molecule has 0 radical (unpaired) electrons. The first kappa shape index (κ1) is 16.7. The van der Waals surface area contributed by atoms with Gasteiger partial charge in [-0.05, 0) is 33.6 Å². The molecule has 0 aliphatic carbocycles. The fraction of sp³-hybridized carbons (Fsp3) is 0.176. The van der Waals surface area contributed by atoms with Crippen molar-refractivity contribution < 1.29 is 9.32 Å². The summed E-state index contributed by atoms with van der Waals surface area (Å²) in [4.78, 5) is 3.25. The summed E-state index contributed by atoms with van der Waals surface area (Å²) < 4.78 is 12.3. The predicted octanol–water partition coefficient (Wildman–Crippen LogP) is 4.66. The topological polar surface area (TPSA) is 53.1 Å². The Balaban J connectivity index is 2.28. The van der Waals surface area contributed by atoms with E-state index in [0.717, 1.165) is 26.5 Å². The van der Waals surface area contributed by atoms with Crippen LogP contribution >= 0.6 is 27.5 Å². The second-order valence-electron chi connectivity index (χ2n) is 5.35. The lowest BCUT2D eigenvalue weighted by Crippen LogP contribution is -2.09. The number of aliphatic hydroxyl groups excluding tert-OH is 1. The third-order valence-corrected chi connectivity index (χ3v) is 5.64. The normalized spacial score (nSPS) is 14.1. The number of benzene rings is 2. The van der Waals surface area contributed by atoms with Crippen LogP contribution in [-0.2, 0) is 10.8 Å². The highest BCUT2D eigenvalue weighted by Gasteiger charge is 2.21. The van der Waals surface area contributed by atoms with Gasteiger partial charge in [0, 0.05) is 38.0 Å². The number of aliphatic hydroxyl groups is 1. The number of H-pyrrole nitrogens is 1. The molecule has 0 saturated carbocycles. The molecular weight excluding hydrogens is 398 g/mol. The van der Waals surface area contributed by atoms with Gasteiger partial charge in [-0.1, -0.05) is 41.9 Å². The van der Waals surface area contributed by atoms with Crippen molar-refractivity contribution in [2.24, 2.45) is 0 Å². The maximum absolute atomic E-state index is 11.5. The number of rotatable bonds is 4. The molecule has 23 heavy (non-hydrogen) atoms. The van der Waals surface area contributed by atoms with Crippen LogP contribution in [0.1, 0.15) is 11.8 Å². The van der Waals surface area contributed by atoms with Crippen LogP contribution in [0.15, 0.2) is 46.9 Å². The largest absolute Gasteiger partial charge is 0.386 e. The van der Waals surface area contributed by atoms with Crippen LogP contribution in [0.2, 0.25) is 5.02 Å². The van der Waals surface area contributed by atoms with Crippen molar-refractivity contribution in [1.29, 1.82) is 0 Å². The molecule has 120 valence electrons. The first-order valence-corrected chi connectivity index (χ1v) is 9.91. The van der Waals surface area contributed by atoms with Gasteiger partial charge in [-0.25, -0.2) is 0 Å². The van der Waals surface area contributed by atoms with E-state index in [1.54, 1.807) is 6.26 Å². The maximum Gasteiger partial charge on any atom is 0.106 e. The molecule has 2 N–H and O–H groups in total. The van der Waals surface area contributed by atoms with Gasteiger partial charge in [0.15, 0.2) is 0 Å². The summed E-state index contributed by atoms with van der Waals surface area (Å²) >= 11 is 9.63. The van der Waals surface area contributed by atoms with Gasteiger partial charge in [0.25, 0.3) is 0 Å². The molecule has 0 amide bonds. The molecule has 0 aliphatic heterocycles. The minimum Gasteiger partial charge on any atom is -0.386 e. The second-order valence-corrected chi connectivity index (χ2v) is 8.09. The Morgan fingerprint density at radius 3 is 2.65 bits per heavy atom. The van der Waals surface area contributed by atoms with Gasteiger partial charge in [-0.15, -0.1) is 0 Å². The third-order valence-electron chi connectivity index (χ3n) is 3.66. The van der Waals surface area contributed by atoms with Gasteiger partial charge in [0.05, 0.1) is 16.5 Å². The van der Waals surface area contributed by atoms with E-state index in [2.05, 4.69) is 20.9 Å². The summed E-state index contributed by atoms with van der Waals surface area (Å²) in [6.45, 7) is 0. The molecule has 0 spiro atoms. The van der Waals surface area contributed by atoms with Crippen LogP contribution < -0.4 is 0 Å². The van der Waals surface area contributed by atoms with Gasteiger partial charge in [-0.3, -0.25) is 4.21 Å². The lowest BCUT2D eigenvalue weighted by Gasteiger charge is -2.11. The molecule has 1 heterocycles. The van der Waals surface area contributed by atoms with E-state index < -0.39 is 16.9 Å². The second kappa shape index (κ2) is 6.77. The zero-order valence-electron chi connectivity index (χ0n) is 12.3. The summed E-state index contributed by atoms with van der Waals surface area (Å²) in [7, 11) is -1.10. The summed E-state index contributed by atoms with van der Waals surface area (Å²) in [5, 5.41) is 12.1. The maximum atomic E-state index is 11.5. The molecule has 2 atom stereocenters. The Morgan fingerprint density at radius 2 is 2.00 bits per heavy atom. The summed E-state index contributed by atoms with van der Waals surface area (Å²) in [6.07, 6.45) is 0.752. The number of fused-ring (bicyclic) bond motifs is 1. The highest BCUT2D eigenvalue weighted by atomic mass is 79.9. The van der Waals surface area contributed by atoms with Crippen molar-refractivity contribution in [1.82, 2.24) is 4.98 Å². The monoisotopic (exact) mass is 411 g/mol. The molecule has 0 saturated heterocycles. The Hall–Kier alpha value is -1.14. The number of nitrogens with one attached hydrogen (secondary N) is 1. The van der Waals surface area contributed by atoms with E-state index in [1.165, 1.54) is 0 Å². The molecule has 3 aromatic rings. The lowest BCUT2D eigenvalue weighted by molar-refractivity contribution is 0.199. The van der Waals surface area contributed by atoms with E-state index in [1.807, 2.05) is 42.5 Å². The minimum atomic E-state index is -1.10. The molecule has 3 nitrogen and oxygen atoms in total. The summed E-state index contributed by atoms with van der Waals surface area (Å²) in [6, 6.07) is 13.6. The van der Waals surface area contributed by atoms with E-state index in [0.29, 0.717) is 10.7 Å². The molecule has 6 heteroatoms. The van der Waals surface area contributed by atoms with Crippen molar-refractivity contribution in [2.75, 3.05) is 12.0 Å². The first-order valence-electron chi connectivity index (χ1n) is 7.01. The van der Waals surface area contributed by atoms with Crippen LogP contribution in [0.4, 0.5) is 0 Å². The Morgan fingerprint density at radius 1 is 1.30 bits per heavy atom. The van der Waals surface area contributed by atoms with Crippen molar-refractivity contribution >= 4 is 49.2 Å². The Labute approximate surface area is 150 Å². The molecule has 1 aromatic heterocycles. The molecule has 2 aromatic carbocycles. The summed E-state index contributed by atoms with van der Waals surface area (Å²) in [5.41, 5.74) is 3.41. The van der Waals surface area contributed by atoms with Crippen molar-refractivity contribution in [3.8, 4) is 11.1 Å². The standard InChI is InChI=1S/C17H15BrClNO2S/c1-23(22)9-15(21)17-16(10-5-3-2-4-6-10)11-7-12(18)13(19)8-14(11)20-17/h2-8,15,20-21H,9H2,1H3. The van der Waals surface area contributed by atoms with Crippen LogP contribution in [0, 0.1) is 0 Å². The molecule has 3 rings (SSSR count). The SMILES string of the molecule is CS(=O)CC(O)c1[nH]c2cc(Cl)c(Br)cc2c1-c1ccccc1. The quantitative estimate of drug-likeness (QED) is 0.654. The molecule has 0 aliphatic rings.